The lowest BCUT2D eigenvalue weighted by Gasteiger charge is -2.07. The highest BCUT2D eigenvalue weighted by atomic mass is 16.5. The molecule has 6 nitrogen and oxygen atoms in total. The van der Waals surface area contributed by atoms with Crippen molar-refractivity contribution in [2.75, 3.05) is 6.61 Å². The summed E-state index contributed by atoms with van der Waals surface area (Å²) >= 11 is 0. The van der Waals surface area contributed by atoms with Gasteiger partial charge < -0.3 is 9.47 Å². The summed E-state index contributed by atoms with van der Waals surface area (Å²) in [5, 5.41) is 3.95. The van der Waals surface area contributed by atoms with Gasteiger partial charge in [-0.3, -0.25) is 4.79 Å². The van der Waals surface area contributed by atoms with Crippen molar-refractivity contribution in [1.29, 1.82) is 0 Å². The van der Waals surface area contributed by atoms with E-state index in [0.29, 0.717) is 23.5 Å². The van der Waals surface area contributed by atoms with Gasteiger partial charge in [-0.1, -0.05) is 31.5 Å². The van der Waals surface area contributed by atoms with Crippen LogP contribution in [0.2, 0.25) is 0 Å². The Hall–Kier alpha value is -3.93. The van der Waals surface area contributed by atoms with Gasteiger partial charge in [0, 0.05) is 5.56 Å². The molecule has 3 aromatic rings. The molecule has 0 saturated heterocycles. The quantitative estimate of drug-likeness (QED) is 0.178. The topological polar surface area (TPSA) is 77.0 Å². The Balaban J connectivity index is 1.50. The zero-order chi connectivity index (χ0) is 21.9. The van der Waals surface area contributed by atoms with E-state index in [-0.39, 0.29) is 5.91 Å². The Morgan fingerprint density at radius 1 is 0.871 bits per heavy atom. The van der Waals surface area contributed by atoms with E-state index >= 15 is 0 Å². The first-order valence-electron chi connectivity index (χ1n) is 10.1. The molecule has 0 aliphatic carbocycles. The van der Waals surface area contributed by atoms with Crippen molar-refractivity contribution in [2.24, 2.45) is 5.10 Å². The van der Waals surface area contributed by atoms with Crippen LogP contribution < -0.4 is 14.9 Å². The highest BCUT2D eigenvalue weighted by molar-refractivity contribution is 5.95. The smallest absolute Gasteiger partial charge is 0.343 e. The molecular formula is C25H24N2O4. The van der Waals surface area contributed by atoms with E-state index in [2.05, 4.69) is 17.5 Å². The van der Waals surface area contributed by atoms with Gasteiger partial charge in [0.1, 0.15) is 11.5 Å². The van der Waals surface area contributed by atoms with Crippen molar-refractivity contribution in [3.05, 3.63) is 95.6 Å². The Kier molecular flexibility index (Phi) is 7.94. The number of nitrogens with one attached hydrogen (secondary N) is 1. The minimum Gasteiger partial charge on any atom is -0.494 e. The second-order valence-corrected chi connectivity index (χ2v) is 6.75. The molecule has 0 aromatic heterocycles. The third-order valence-corrected chi connectivity index (χ3v) is 4.36. The van der Waals surface area contributed by atoms with Gasteiger partial charge in [-0.25, -0.2) is 10.2 Å². The fraction of sp³-hybridized carbons (Fsp3) is 0.160. The molecule has 1 N–H and O–H groups in total. The maximum Gasteiger partial charge on any atom is 0.343 e. The molecule has 31 heavy (non-hydrogen) atoms. The average Bonchev–Trinajstić information content (AvgIpc) is 2.81. The number of hydrogen-bond acceptors (Lipinski definition) is 5. The molecule has 0 saturated carbocycles. The van der Waals surface area contributed by atoms with Crippen molar-refractivity contribution in [3.8, 4) is 11.5 Å². The number of hydrazone groups is 1. The fourth-order valence-electron chi connectivity index (χ4n) is 2.63. The van der Waals surface area contributed by atoms with Crippen molar-refractivity contribution in [3.63, 3.8) is 0 Å². The van der Waals surface area contributed by atoms with E-state index < -0.39 is 5.97 Å². The van der Waals surface area contributed by atoms with Gasteiger partial charge in [-0.05, 0) is 72.6 Å². The van der Waals surface area contributed by atoms with Crippen LogP contribution in [0.5, 0.6) is 11.5 Å². The number of rotatable bonds is 9. The number of benzene rings is 3. The SMILES string of the molecule is CCCCOc1ccc(C(=O)Oc2ccc(C=NNC(=O)c3ccccc3)cc2)cc1. The van der Waals surface area contributed by atoms with E-state index in [1.54, 1.807) is 72.8 Å². The van der Waals surface area contributed by atoms with Crippen LogP contribution in [0.1, 0.15) is 46.0 Å². The number of ether oxygens (including phenoxy) is 2. The van der Waals surface area contributed by atoms with Crippen LogP contribution in [0.3, 0.4) is 0 Å². The van der Waals surface area contributed by atoms with Crippen molar-refractivity contribution in [2.45, 2.75) is 19.8 Å². The van der Waals surface area contributed by atoms with Crippen LogP contribution in [-0.2, 0) is 0 Å². The molecule has 0 aliphatic rings. The van der Waals surface area contributed by atoms with E-state index in [1.807, 2.05) is 6.07 Å². The zero-order valence-corrected chi connectivity index (χ0v) is 17.3. The largest absolute Gasteiger partial charge is 0.494 e. The molecule has 1 amide bonds. The molecule has 0 atom stereocenters. The van der Waals surface area contributed by atoms with Crippen molar-refractivity contribution < 1.29 is 19.1 Å². The first kappa shape index (κ1) is 21.8. The normalized spacial score (nSPS) is 10.6. The van der Waals surface area contributed by atoms with E-state index in [0.717, 1.165) is 24.2 Å². The lowest BCUT2D eigenvalue weighted by atomic mass is 10.2. The molecule has 3 aromatic carbocycles. The monoisotopic (exact) mass is 416 g/mol. The van der Waals surface area contributed by atoms with Crippen molar-refractivity contribution in [1.82, 2.24) is 5.43 Å². The van der Waals surface area contributed by atoms with Gasteiger partial charge >= 0.3 is 5.97 Å². The lowest BCUT2D eigenvalue weighted by molar-refractivity contribution is 0.0734. The van der Waals surface area contributed by atoms with Gasteiger partial charge in [-0.15, -0.1) is 0 Å². The van der Waals surface area contributed by atoms with Crippen LogP contribution in [0.4, 0.5) is 0 Å². The summed E-state index contributed by atoms with van der Waals surface area (Å²) in [6, 6.07) is 22.5. The molecular weight excluding hydrogens is 392 g/mol. The predicted octanol–water partition coefficient (Wildman–Crippen LogP) is 4.85. The maximum absolute atomic E-state index is 12.3. The second-order valence-electron chi connectivity index (χ2n) is 6.75. The van der Waals surface area contributed by atoms with Gasteiger partial charge in [0.15, 0.2) is 0 Å². The number of nitrogens with zero attached hydrogens (tertiary/aromatic N) is 1. The molecule has 0 spiro atoms. The molecule has 0 radical (unpaired) electrons. The third-order valence-electron chi connectivity index (χ3n) is 4.36. The standard InChI is InChI=1S/C25H24N2O4/c1-2-3-17-30-22-15-11-21(12-16-22)25(29)31-23-13-9-19(10-14-23)18-26-27-24(28)20-7-5-4-6-8-20/h4-16,18H,2-3,17H2,1H3,(H,27,28). The molecule has 0 fully saturated rings. The highest BCUT2D eigenvalue weighted by Gasteiger charge is 2.09. The van der Waals surface area contributed by atoms with Gasteiger partial charge in [0.25, 0.3) is 5.91 Å². The first-order chi connectivity index (χ1) is 15.2. The summed E-state index contributed by atoms with van der Waals surface area (Å²) in [4.78, 5) is 24.3. The molecule has 0 bridgehead atoms. The van der Waals surface area contributed by atoms with Gasteiger partial charge in [-0.2, -0.15) is 5.10 Å². The molecule has 0 heterocycles. The molecule has 0 aliphatic heterocycles. The van der Waals surface area contributed by atoms with Crippen LogP contribution in [-0.4, -0.2) is 24.7 Å². The number of hydrogen-bond donors (Lipinski definition) is 1. The van der Waals surface area contributed by atoms with Crippen LogP contribution in [0.25, 0.3) is 0 Å². The summed E-state index contributed by atoms with van der Waals surface area (Å²) in [5.41, 5.74) is 4.19. The summed E-state index contributed by atoms with van der Waals surface area (Å²) < 4.78 is 11.0. The number of esters is 1. The van der Waals surface area contributed by atoms with Crippen LogP contribution >= 0.6 is 0 Å². The maximum atomic E-state index is 12.3. The van der Waals surface area contributed by atoms with E-state index in [1.165, 1.54) is 6.21 Å². The van der Waals surface area contributed by atoms with Crippen LogP contribution in [0.15, 0.2) is 84.0 Å². The van der Waals surface area contributed by atoms with Gasteiger partial charge in [0.2, 0.25) is 0 Å². The molecule has 6 heteroatoms. The third kappa shape index (κ3) is 6.82. The second kappa shape index (κ2) is 11.3. The van der Waals surface area contributed by atoms with E-state index in [4.69, 9.17) is 9.47 Å². The van der Waals surface area contributed by atoms with E-state index in [9.17, 15) is 9.59 Å². The van der Waals surface area contributed by atoms with Crippen molar-refractivity contribution >= 4 is 18.1 Å². The minimum absolute atomic E-state index is 0.288. The summed E-state index contributed by atoms with van der Waals surface area (Å²) in [6.07, 6.45) is 3.57. The molecule has 158 valence electrons. The number of carbonyl (C=O) groups excluding carboxylic acids is 2. The Bertz CT molecular complexity index is 1010. The van der Waals surface area contributed by atoms with Crippen LogP contribution in [0, 0.1) is 0 Å². The number of unbranched alkanes of at least 4 members (excludes halogenated alkanes) is 1. The number of amides is 1. The highest BCUT2D eigenvalue weighted by Crippen LogP contribution is 2.16. The molecule has 0 unspecified atom stereocenters. The average molecular weight is 416 g/mol. The zero-order valence-electron chi connectivity index (χ0n) is 17.3. The Labute approximate surface area is 181 Å². The van der Waals surface area contributed by atoms with Gasteiger partial charge in [0.05, 0.1) is 18.4 Å². The first-order valence-corrected chi connectivity index (χ1v) is 10.1. The predicted molar refractivity (Wildman–Crippen MR) is 120 cm³/mol. The summed E-state index contributed by atoms with van der Waals surface area (Å²) in [7, 11) is 0. The lowest BCUT2D eigenvalue weighted by Crippen LogP contribution is -2.17. The summed E-state index contributed by atoms with van der Waals surface area (Å²) in [5.74, 6) is 0.410. The fourth-order valence-corrected chi connectivity index (χ4v) is 2.63. The minimum atomic E-state index is -0.448. The Morgan fingerprint density at radius 3 is 2.23 bits per heavy atom. The Morgan fingerprint density at radius 2 is 1.55 bits per heavy atom. The number of carbonyl (C=O) groups is 2. The molecule has 3 rings (SSSR count). The summed E-state index contributed by atoms with van der Waals surface area (Å²) in [6.45, 7) is 2.76.